The van der Waals surface area contributed by atoms with Gasteiger partial charge in [-0.05, 0) is 37.3 Å². The van der Waals surface area contributed by atoms with Crippen LogP contribution in [-0.2, 0) is 0 Å². The van der Waals surface area contributed by atoms with Crippen molar-refractivity contribution in [2.24, 2.45) is 5.92 Å². The van der Waals surface area contributed by atoms with E-state index in [0.29, 0.717) is 23.7 Å². The minimum Gasteiger partial charge on any atom is -0.350 e. The van der Waals surface area contributed by atoms with Crippen molar-refractivity contribution in [3.63, 3.8) is 0 Å². The maximum absolute atomic E-state index is 12.4. The lowest BCUT2D eigenvalue weighted by Gasteiger charge is -2.26. The molecule has 0 bridgehead atoms. The summed E-state index contributed by atoms with van der Waals surface area (Å²) in [5, 5.41) is 2.82. The Bertz CT molecular complexity index is 508. The number of carbonyl (C=O) groups is 2. The normalized spacial score (nSPS) is 15.1. The molecule has 0 unspecified atom stereocenters. The van der Waals surface area contributed by atoms with Gasteiger partial charge in [0.15, 0.2) is 0 Å². The van der Waals surface area contributed by atoms with E-state index in [4.69, 9.17) is 0 Å². The fraction of sp³-hybridized carbons (Fsp3) is 0.562. The first-order valence-electron chi connectivity index (χ1n) is 7.61. The van der Waals surface area contributed by atoms with Gasteiger partial charge < -0.3 is 10.2 Å². The van der Waals surface area contributed by atoms with E-state index in [2.05, 4.69) is 10.3 Å². The first kappa shape index (κ1) is 15.5. The van der Waals surface area contributed by atoms with Crippen LogP contribution in [0.5, 0.6) is 0 Å². The standard InChI is InChI=1S/C16H23N3O2/c1-12(2)11-18-15(20)14-10-13(6-7-17-14)16(21)19-8-4-3-5-9-19/h6-7,10,12H,3-5,8-9,11H2,1-2H3,(H,18,20). The Balaban J connectivity index is 2.06. The number of piperidine rings is 1. The van der Waals surface area contributed by atoms with Crippen LogP contribution >= 0.6 is 0 Å². The largest absolute Gasteiger partial charge is 0.350 e. The van der Waals surface area contributed by atoms with Crippen LogP contribution in [0.2, 0.25) is 0 Å². The fourth-order valence-electron chi connectivity index (χ4n) is 2.35. The van der Waals surface area contributed by atoms with Crippen LogP contribution in [0, 0.1) is 5.92 Å². The summed E-state index contributed by atoms with van der Waals surface area (Å²) in [5.41, 5.74) is 0.847. The summed E-state index contributed by atoms with van der Waals surface area (Å²) in [6.07, 6.45) is 4.82. The third-order valence-corrected chi connectivity index (χ3v) is 3.55. The van der Waals surface area contributed by atoms with Gasteiger partial charge in [0.2, 0.25) is 0 Å². The predicted octanol–water partition coefficient (Wildman–Crippen LogP) is 2.09. The molecule has 1 fully saturated rings. The lowest BCUT2D eigenvalue weighted by atomic mass is 10.1. The molecule has 0 atom stereocenters. The van der Waals surface area contributed by atoms with Gasteiger partial charge in [0.25, 0.3) is 11.8 Å². The zero-order valence-electron chi connectivity index (χ0n) is 12.8. The van der Waals surface area contributed by atoms with Crippen LogP contribution in [-0.4, -0.2) is 41.3 Å². The Kier molecular flexibility index (Phi) is 5.31. The third kappa shape index (κ3) is 4.28. The first-order valence-corrected chi connectivity index (χ1v) is 7.61. The Hall–Kier alpha value is -1.91. The number of amides is 2. The third-order valence-electron chi connectivity index (χ3n) is 3.55. The Labute approximate surface area is 125 Å². The topological polar surface area (TPSA) is 62.3 Å². The summed E-state index contributed by atoms with van der Waals surface area (Å²) < 4.78 is 0. The molecular formula is C16H23N3O2. The number of carbonyl (C=O) groups excluding carboxylic acids is 2. The second-order valence-corrected chi connectivity index (χ2v) is 5.89. The van der Waals surface area contributed by atoms with E-state index in [1.165, 1.54) is 12.6 Å². The molecule has 114 valence electrons. The molecule has 0 aliphatic carbocycles. The van der Waals surface area contributed by atoms with E-state index in [0.717, 1.165) is 25.9 Å². The second-order valence-electron chi connectivity index (χ2n) is 5.89. The molecule has 0 saturated carbocycles. The van der Waals surface area contributed by atoms with Crippen molar-refractivity contribution in [1.82, 2.24) is 15.2 Å². The Morgan fingerprint density at radius 1 is 1.29 bits per heavy atom. The molecule has 1 N–H and O–H groups in total. The molecule has 1 saturated heterocycles. The van der Waals surface area contributed by atoms with Gasteiger partial charge in [-0.1, -0.05) is 13.8 Å². The van der Waals surface area contributed by atoms with Crippen LogP contribution in [0.15, 0.2) is 18.3 Å². The fourth-order valence-corrected chi connectivity index (χ4v) is 2.35. The van der Waals surface area contributed by atoms with Crippen molar-refractivity contribution in [2.45, 2.75) is 33.1 Å². The van der Waals surface area contributed by atoms with Crippen molar-refractivity contribution < 1.29 is 9.59 Å². The zero-order chi connectivity index (χ0) is 15.2. The lowest BCUT2D eigenvalue weighted by molar-refractivity contribution is 0.0724. The quantitative estimate of drug-likeness (QED) is 0.923. The number of rotatable bonds is 4. The molecule has 0 spiro atoms. The average Bonchev–Trinajstić information content (AvgIpc) is 2.52. The maximum Gasteiger partial charge on any atom is 0.269 e. The minimum absolute atomic E-state index is 0.00462. The lowest BCUT2D eigenvalue weighted by Crippen LogP contribution is -2.36. The van der Waals surface area contributed by atoms with E-state index < -0.39 is 0 Å². The number of nitrogens with zero attached hydrogens (tertiary/aromatic N) is 2. The minimum atomic E-state index is -0.225. The van der Waals surface area contributed by atoms with Gasteiger partial charge in [0, 0.05) is 31.4 Å². The molecule has 5 nitrogen and oxygen atoms in total. The van der Waals surface area contributed by atoms with Gasteiger partial charge >= 0.3 is 0 Å². The van der Waals surface area contributed by atoms with E-state index in [-0.39, 0.29) is 11.8 Å². The van der Waals surface area contributed by atoms with E-state index >= 15 is 0 Å². The summed E-state index contributed by atoms with van der Waals surface area (Å²) in [5.74, 6) is 0.152. The highest BCUT2D eigenvalue weighted by Crippen LogP contribution is 2.13. The molecule has 1 aliphatic rings. The van der Waals surface area contributed by atoms with Gasteiger partial charge in [-0.25, -0.2) is 0 Å². The van der Waals surface area contributed by atoms with Crippen LogP contribution in [0.3, 0.4) is 0 Å². The summed E-state index contributed by atoms with van der Waals surface area (Å²) >= 11 is 0. The molecular weight excluding hydrogens is 266 g/mol. The number of pyridine rings is 1. The van der Waals surface area contributed by atoms with Crippen molar-refractivity contribution in [3.8, 4) is 0 Å². The smallest absolute Gasteiger partial charge is 0.269 e. The van der Waals surface area contributed by atoms with Crippen molar-refractivity contribution in [3.05, 3.63) is 29.6 Å². The van der Waals surface area contributed by atoms with Gasteiger partial charge in [-0.3, -0.25) is 14.6 Å². The highest BCUT2D eigenvalue weighted by atomic mass is 16.2. The average molecular weight is 289 g/mol. The number of likely N-dealkylation sites (tertiary alicyclic amines) is 1. The van der Waals surface area contributed by atoms with Crippen molar-refractivity contribution >= 4 is 11.8 Å². The highest BCUT2D eigenvalue weighted by molar-refractivity contribution is 5.98. The maximum atomic E-state index is 12.4. The van der Waals surface area contributed by atoms with E-state index in [1.54, 1.807) is 12.1 Å². The molecule has 1 aromatic heterocycles. The van der Waals surface area contributed by atoms with Crippen molar-refractivity contribution in [2.75, 3.05) is 19.6 Å². The van der Waals surface area contributed by atoms with Crippen molar-refractivity contribution in [1.29, 1.82) is 0 Å². The molecule has 2 amide bonds. The summed E-state index contributed by atoms with van der Waals surface area (Å²) in [6, 6.07) is 3.27. The summed E-state index contributed by atoms with van der Waals surface area (Å²) in [7, 11) is 0. The molecule has 0 radical (unpaired) electrons. The summed E-state index contributed by atoms with van der Waals surface area (Å²) in [4.78, 5) is 30.3. The zero-order valence-corrected chi connectivity index (χ0v) is 12.8. The van der Waals surface area contributed by atoms with E-state index in [1.807, 2.05) is 18.7 Å². The number of aromatic nitrogens is 1. The molecule has 0 aromatic carbocycles. The van der Waals surface area contributed by atoms with Crippen LogP contribution in [0.4, 0.5) is 0 Å². The molecule has 2 heterocycles. The molecule has 21 heavy (non-hydrogen) atoms. The van der Waals surface area contributed by atoms with Crippen LogP contribution in [0.1, 0.15) is 54.0 Å². The van der Waals surface area contributed by atoms with Gasteiger partial charge in [0.05, 0.1) is 0 Å². The highest BCUT2D eigenvalue weighted by Gasteiger charge is 2.19. The Morgan fingerprint density at radius 3 is 2.67 bits per heavy atom. The molecule has 2 rings (SSSR count). The monoisotopic (exact) mass is 289 g/mol. The van der Waals surface area contributed by atoms with Gasteiger partial charge in [0.1, 0.15) is 5.69 Å². The summed E-state index contributed by atoms with van der Waals surface area (Å²) in [6.45, 7) is 6.27. The van der Waals surface area contributed by atoms with E-state index in [9.17, 15) is 9.59 Å². The first-order chi connectivity index (χ1) is 10.1. The van der Waals surface area contributed by atoms with Crippen LogP contribution < -0.4 is 5.32 Å². The number of hydrogen-bond donors (Lipinski definition) is 1. The SMILES string of the molecule is CC(C)CNC(=O)c1cc(C(=O)N2CCCCC2)ccn1. The molecule has 1 aliphatic heterocycles. The molecule has 1 aromatic rings. The Morgan fingerprint density at radius 2 is 2.00 bits per heavy atom. The number of hydrogen-bond acceptors (Lipinski definition) is 3. The van der Waals surface area contributed by atoms with Gasteiger partial charge in [-0.2, -0.15) is 0 Å². The molecule has 5 heteroatoms. The van der Waals surface area contributed by atoms with Gasteiger partial charge in [-0.15, -0.1) is 0 Å². The predicted molar refractivity (Wildman–Crippen MR) is 81.2 cm³/mol. The number of nitrogens with one attached hydrogen (secondary N) is 1. The second kappa shape index (κ2) is 7.20. The van der Waals surface area contributed by atoms with Crippen LogP contribution in [0.25, 0.3) is 0 Å².